The van der Waals surface area contributed by atoms with Gasteiger partial charge in [-0.2, -0.15) is 0 Å². The Morgan fingerprint density at radius 1 is 1.50 bits per heavy atom. The lowest BCUT2D eigenvalue weighted by atomic mass is 9.67. The molecule has 0 aliphatic heterocycles. The van der Waals surface area contributed by atoms with E-state index in [9.17, 15) is 5.11 Å². The van der Waals surface area contributed by atoms with Gasteiger partial charge in [-0.1, -0.05) is 30.7 Å². The van der Waals surface area contributed by atoms with Crippen LogP contribution in [0, 0.1) is 17.3 Å². The van der Waals surface area contributed by atoms with Crippen LogP contribution in [0.15, 0.2) is 23.8 Å². The molecule has 0 heterocycles. The van der Waals surface area contributed by atoms with Crippen LogP contribution >= 0.6 is 0 Å². The first kappa shape index (κ1) is 11.9. The molecule has 1 nitrogen and oxygen atoms in total. The second-order valence-corrected chi connectivity index (χ2v) is 6.42. The van der Waals surface area contributed by atoms with Crippen LogP contribution in [0.2, 0.25) is 0 Å². The molecular formula is C15H24O. The topological polar surface area (TPSA) is 20.2 Å². The van der Waals surface area contributed by atoms with Crippen molar-refractivity contribution in [2.45, 2.75) is 52.6 Å². The highest BCUT2D eigenvalue weighted by Gasteiger charge is 2.51. The van der Waals surface area contributed by atoms with Crippen LogP contribution in [0.3, 0.4) is 0 Å². The van der Waals surface area contributed by atoms with Gasteiger partial charge in [-0.15, -0.1) is 0 Å². The lowest BCUT2D eigenvalue weighted by molar-refractivity contribution is 0.129. The fourth-order valence-electron chi connectivity index (χ4n) is 3.76. The molecule has 0 amide bonds. The van der Waals surface area contributed by atoms with Crippen molar-refractivity contribution in [2.75, 3.05) is 0 Å². The van der Waals surface area contributed by atoms with Gasteiger partial charge in [0.15, 0.2) is 0 Å². The summed E-state index contributed by atoms with van der Waals surface area (Å²) in [5, 5.41) is 9.91. The van der Waals surface area contributed by atoms with Crippen LogP contribution in [0.4, 0.5) is 0 Å². The van der Waals surface area contributed by atoms with Crippen molar-refractivity contribution in [1.29, 1.82) is 0 Å². The van der Waals surface area contributed by atoms with E-state index in [0.717, 1.165) is 11.8 Å². The Morgan fingerprint density at radius 3 is 2.56 bits per heavy atom. The summed E-state index contributed by atoms with van der Waals surface area (Å²) in [4.78, 5) is 0. The second kappa shape index (κ2) is 3.46. The van der Waals surface area contributed by atoms with Gasteiger partial charge >= 0.3 is 0 Å². The Balaban J connectivity index is 2.33. The predicted molar refractivity (Wildman–Crippen MR) is 68.1 cm³/mol. The maximum atomic E-state index is 9.91. The van der Waals surface area contributed by atoms with Crippen molar-refractivity contribution in [2.24, 2.45) is 17.3 Å². The van der Waals surface area contributed by atoms with Gasteiger partial charge in [0.1, 0.15) is 0 Å². The minimum absolute atomic E-state index is 0.142. The summed E-state index contributed by atoms with van der Waals surface area (Å²) in [6.07, 6.45) is 5.98. The number of hydrogen-bond acceptors (Lipinski definition) is 1. The predicted octanol–water partition coefficient (Wildman–Crippen LogP) is 3.70. The fraction of sp³-hybridized carbons (Fsp3) is 0.733. The smallest absolute Gasteiger partial charge is 0.0774 e. The molecule has 0 aromatic rings. The highest BCUT2D eigenvalue weighted by molar-refractivity contribution is 5.36. The molecule has 2 bridgehead atoms. The lowest BCUT2D eigenvalue weighted by Crippen LogP contribution is -2.29. The normalized spacial score (nSPS) is 39.6. The van der Waals surface area contributed by atoms with Crippen LogP contribution in [0.25, 0.3) is 0 Å². The third-order valence-electron chi connectivity index (χ3n) is 4.80. The molecule has 3 unspecified atom stereocenters. The van der Waals surface area contributed by atoms with Gasteiger partial charge < -0.3 is 5.11 Å². The standard InChI is InChI=1S/C15H24O/c1-10(9-14(3,4)16)15(5)11(2)12-6-7-13(15)8-12/h9,12-13,16H,2,6-8H2,1,3-5H3. The van der Waals surface area contributed by atoms with Crippen molar-refractivity contribution in [1.82, 2.24) is 0 Å². The van der Waals surface area contributed by atoms with Crippen molar-refractivity contribution in [3.8, 4) is 0 Å². The highest BCUT2D eigenvalue weighted by atomic mass is 16.3. The minimum Gasteiger partial charge on any atom is -0.386 e. The first-order valence-electron chi connectivity index (χ1n) is 6.36. The average molecular weight is 220 g/mol. The van der Waals surface area contributed by atoms with E-state index in [1.54, 1.807) is 0 Å². The molecule has 3 atom stereocenters. The van der Waals surface area contributed by atoms with E-state index < -0.39 is 5.60 Å². The Morgan fingerprint density at radius 2 is 2.12 bits per heavy atom. The van der Waals surface area contributed by atoms with Crippen LogP contribution in [-0.4, -0.2) is 10.7 Å². The Kier molecular flexibility index (Phi) is 2.58. The molecule has 2 aliphatic rings. The molecule has 2 aliphatic carbocycles. The fourth-order valence-corrected chi connectivity index (χ4v) is 3.76. The number of hydrogen-bond donors (Lipinski definition) is 1. The molecule has 0 spiro atoms. The molecule has 1 N–H and O–H groups in total. The summed E-state index contributed by atoms with van der Waals surface area (Å²) >= 11 is 0. The first-order chi connectivity index (χ1) is 7.25. The number of rotatable bonds is 2. The first-order valence-corrected chi connectivity index (χ1v) is 6.36. The SMILES string of the molecule is C=C1C2CCC(C2)C1(C)C(C)=CC(C)(C)O. The van der Waals surface area contributed by atoms with Crippen LogP contribution < -0.4 is 0 Å². The zero-order chi connectivity index (χ0) is 12.1. The third kappa shape index (κ3) is 1.66. The number of aliphatic hydroxyl groups is 1. The van der Waals surface area contributed by atoms with Gasteiger partial charge in [0.2, 0.25) is 0 Å². The van der Waals surface area contributed by atoms with Gasteiger partial charge in [-0.3, -0.25) is 0 Å². The Hall–Kier alpha value is -0.560. The van der Waals surface area contributed by atoms with Gasteiger partial charge in [0.05, 0.1) is 5.60 Å². The van der Waals surface area contributed by atoms with Gasteiger partial charge in [0.25, 0.3) is 0 Å². The van der Waals surface area contributed by atoms with E-state index in [2.05, 4.69) is 20.4 Å². The van der Waals surface area contributed by atoms with Gasteiger partial charge in [-0.05, 0) is 51.9 Å². The largest absolute Gasteiger partial charge is 0.386 e. The van der Waals surface area contributed by atoms with Gasteiger partial charge in [0, 0.05) is 5.41 Å². The summed E-state index contributed by atoms with van der Waals surface area (Å²) in [6.45, 7) is 12.5. The van der Waals surface area contributed by atoms with Crippen molar-refractivity contribution >= 4 is 0 Å². The van der Waals surface area contributed by atoms with E-state index in [1.165, 1.54) is 30.4 Å². The molecule has 2 rings (SSSR count). The molecule has 90 valence electrons. The van der Waals surface area contributed by atoms with Crippen molar-refractivity contribution < 1.29 is 5.11 Å². The maximum absolute atomic E-state index is 9.91. The van der Waals surface area contributed by atoms with Crippen molar-refractivity contribution in [3.05, 3.63) is 23.8 Å². The summed E-state index contributed by atoms with van der Waals surface area (Å²) in [7, 11) is 0. The van der Waals surface area contributed by atoms with Crippen LogP contribution in [-0.2, 0) is 0 Å². The molecular weight excluding hydrogens is 196 g/mol. The van der Waals surface area contributed by atoms with Crippen molar-refractivity contribution in [3.63, 3.8) is 0 Å². The maximum Gasteiger partial charge on any atom is 0.0774 e. The summed E-state index contributed by atoms with van der Waals surface area (Å²) in [5.41, 5.74) is 2.14. The summed E-state index contributed by atoms with van der Waals surface area (Å²) in [5.74, 6) is 1.49. The zero-order valence-corrected chi connectivity index (χ0v) is 11.0. The van der Waals surface area contributed by atoms with E-state index in [0.29, 0.717) is 0 Å². The van der Waals surface area contributed by atoms with E-state index in [1.807, 2.05) is 19.9 Å². The highest BCUT2D eigenvalue weighted by Crippen LogP contribution is 2.61. The van der Waals surface area contributed by atoms with E-state index in [-0.39, 0.29) is 5.41 Å². The molecule has 16 heavy (non-hydrogen) atoms. The second-order valence-electron chi connectivity index (χ2n) is 6.42. The summed E-state index contributed by atoms with van der Waals surface area (Å²) < 4.78 is 0. The minimum atomic E-state index is -0.713. The lowest BCUT2D eigenvalue weighted by Gasteiger charge is -2.38. The molecule has 1 heteroatoms. The molecule has 2 saturated carbocycles. The molecule has 0 saturated heterocycles. The zero-order valence-electron chi connectivity index (χ0n) is 11.0. The summed E-state index contributed by atoms with van der Waals surface area (Å²) in [6, 6.07) is 0. The third-order valence-corrected chi connectivity index (χ3v) is 4.80. The molecule has 0 radical (unpaired) electrons. The van der Waals surface area contributed by atoms with E-state index in [4.69, 9.17) is 0 Å². The van der Waals surface area contributed by atoms with Gasteiger partial charge in [-0.25, -0.2) is 0 Å². The molecule has 2 fully saturated rings. The van der Waals surface area contributed by atoms with E-state index >= 15 is 0 Å². The molecule has 0 aromatic carbocycles. The Labute approximate surface area is 99.3 Å². The van der Waals surface area contributed by atoms with Crippen LogP contribution in [0.1, 0.15) is 47.0 Å². The monoisotopic (exact) mass is 220 g/mol. The quantitative estimate of drug-likeness (QED) is 0.704. The molecule has 0 aromatic heterocycles. The average Bonchev–Trinajstić information content (AvgIpc) is 2.67. The van der Waals surface area contributed by atoms with Crippen LogP contribution in [0.5, 0.6) is 0 Å². The number of allylic oxidation sites excluding steroid dienone is 2. The Bertz CT molecular complexity index is 345. The number of fused-ring (bicyclic) bond motifs is 2.